The molecule has 2 aromatic heterocycles. The number of ether oxygens (including phenoxy) is 1. The topological polar surface area (TPSA) is 170 Å². The lowest BCUT2D eigenvalue weighted by molar-refractivity contribution is -0.136. The highest BCUT2D eigenvalue weighted by atomic mass is 35.5. The van der Waals surface area contributed by atoms with E-state index in [2.05, 4.69) is 31.6 Å². The number of hydrogen-bond donors (Lipinski definition) is 3. The van der Waals surface area contributed by atoms with Gasteiger partial charge in [0.1, 0.15) is 11.8 Å². The van der Waals surface area contributed by atoms with E-state index in [0.717, 1.165) is 96.3 Å². The zero-order chi connectivity index (χ0) is 42.6. The quantitative estimate of drug-likeness (QED) is 0.0711. The molecule has 5 aromatic rings. The first-order valence-corrected chi connectivity index (χ1v) is 21.4. The Morgan fingerprint density at radius 2 is 1.72 bits per heavy atom. The number of halogens is 1. The predicted molar refractivity (Wildman–Crippen MR) is 233 cm³/mol. The minimum Gasteiger partial charge on any atom is -0.494 e. The summed E-state index contributed by atoms with van der Waals surface area (Å²) in [6, 6.07) is 18.5. The average molecular weight is 845 g/mol. The van der Waals surface area contributed by atoms with Crippen molar-refractivity contribution in [3.63, 3.8) is 0 Å². The first-order valence-electron chi connectivity index (χ1n) is 21.0. The van der Waals surface area contributed by atoms with E-state index in [1.165, 1.54) is 0 Å². The van der Waals surface area contributed by atoms with Gasteiger partial charge in [-0.05, 0) is 68.4 Å². The van der Waals surface area contributed by atoms with Gasteiger partial charge in [-0.25, -0.2) is 9.97 Å². The number of methoxy groups -OCH3 is 1. The summed E-state index contributed by atoms with van der Waals surface area (Å²) in [4.78, 5) is 81.5. The van der Waals surface area contributed by atoms with Crippen LogP contribution in [0.25, 0.3) is 22.2 Å². The Morgan fingerprint density at radius 3 is 2.52 bits per heavy atom. The molecule has 2 fully saturated rings. The molecule has 14 nitrogen and oxygen atoms in total. The second-order valence-electron chi connectivity index (χ2n) is 15.9. The van der Waals surface area contributed by atoms with E-state index in [1.54, 1.807) is 25.4 Å². The number of amides is 5. The predicted octanol–water partition coefficient (Wildman–Crippen LogP) is 7.44. The molecule has 3 N–H and O–H groups in total. The maximum atomic E-state index is 13.4. The van der Waals surface area contributed by atoms with Crippen LogP contribution in [0.3, 0.4) is 0 Å². The highest BCUT2D eigenvalue weighted by Gasteiger charge is 2.45. The van der Waals surface area contributed by atoms with Crippen LogP contribution >= 0.6 is 11.6 Å². The molecule has 3 aromatic carbocycles. The number of hydrogen-bond acceptors (Lipinski definition) is 10. The standard InChI is InChI=1S/C46H49ClN8O6/c1-53(40(57)16-7-5-3-4-6-11-28-12-10-14-32-41(28)45(60)55(44(32)59)37-19-20-39(56)51-43(37)58)29-21-23-54(24-22-29)30-17-18-36(38(25-30)61-2)50-46-49-27-34(47)42(52-46)33-26-48-35-15-9-8-13-31(33)35/h8-10,12-15,17-18,25-27,29,37,48H,3-7,11,16,19-24H2,1-2H3,(H,49,50,52)(H,51,56,58). The van der Waals surface area contributed by atoms with Crippen molar-refractivity contribution in [2.75, 3.05) is 37.5 Å². The minimum atomic E-state index is -0.976. The van der Waals surface area contributed by atoms with Crippen molar-refractivity contribution < 1.29 is 28.7 Å². The molecule has 5 amide bonds. The van der Waals surface area contributed by atoms with Crippen molar-refractivity contribution >= 4 is 69.4 Å². The van der Waals surface area contributed by atoms with Crippen LogP contribution < -0.4 is 20.3 Å². The van der Waals surface area contributed by atoms with Crippen molar-refractivity contribution in [1.82, 2.24) is 30.1 Å². The van der Waals surface area contributed by atoms with E-state index in [4.69, 9.17) is 21.3 Å². The molecule has 8 rings (SSSR count). The third-order valence-electron chi connectivity index (χ3n) is 12.2. The van der Waals surface area contributed by atoms with Crippen LogP contribution in [0, 0.1) is 0 Å². The lowest BCUT2D eigenvalue weighted by atomic mass is 9.97. The second-order valence-corrected chi connectivity index (χ2v) is 16.3. The maximum Gasteiger partial charge on any atom is 0.262 e. The fourth-order valence-electron chi connectivity index (χ4n) is 8.79. The summed E-state index contributed by atoms with van der Waals surface area (Å²) in [6.45, 7) is 1.62. The summed E-state index contributed by atoms with van der Waals surface area (Å²) in [7, 11) is 3.56. The number of H-pyrrole nitrogens is 1. The number of imide groups is 2. The molecule has 61 heavy (non-hydrogen) atoms. The van der Waals surface area contributed by atoms with Gasteiger partial charge < -0.3 is 24.8 Å². The number of aromatic amines is 1. The average Bonchev–Trinajstić information content (AvgIpc) is 3.81. The molecule has 0 spiro atoms. The largest absolute Gasteiger partial charge is 0.494 e. The van der Waals surface area contributed by atoms with Gasteiger partial charge in [-0.1, -0.05) is 61.2 Å². The number of piperidine rings is 2. The van der Waals surface area contributed by atoms with Gasteiger partial charge in [0.25, 0.3) is 11.8 Å². The summed E-state index contributed by atoms with van der Waals surface area (Å²) >= 11 is 6.56. The van der Waals surface area contributed by atoms with Crippen molar-refractivity contribution in [3.8, 4) is 17.0 Å². The molecule has 316 valence electrons. The van der Waals surface area contributed by atoms with Gasteiger partial charge in [0.05, 0.1) is 40.8 Å². The Morgan fingerprint density at radius 1 is 0.934 bits per heavy atom. The Balaban J connectivity index is 0.767. The fraction of sp³-hybridized carbons (Fsp3) is 0.370. The number of carbonyl (C=O) groups excluding carboxylic acids is 5. The zero-order valence-corrected chi connectivity index (χ0v) is 35.1. The minimum absolute atomic E-state index is 0.0867. The molecule has 0 saturated carbocycles. The van der Waals surface area contributed by atoms with Crippen LogP contribution in [0.5, 0.6) is 5.75 Å². The van der Waals surface area contributed by atoms with Crippen LogP contribution in [0.2, 0.25) is 5.02 Å². The molecule has 2 saturated heterocycles. The number of aryl methyl sites for hydroxylation is 1. The Hall–Kier alpha value is -6.28. The fourth-order valence-corrected chi connectivity index (χ4v) is 8.98. The van der Waals surface area contributed by atoms with Gasteiger partial charge in [0.2, 0.25) is 23.7 Å². The first kappa shape index (κ1) is 41.5. The van der Waals surface area contributed by atoms with E-state index in [1.807, 2.05) is 60.6 Å². The lowest BCUT2D eigenvalue weighted by Crippen LogP contribution is -2.54. The molecule has 1 unspecified atom stereocenters. The first-order chi connectivity index (χ1) is 29.6. The number of benzene rings is 3. The normalized spacial score (nSPS) is 16.9. The van der Waals surface area contributed by atoms with Crippen molar-refractivity contribution in [3.05, 3.63) is 94.8 Å². The smallest absolute Gasteiger partial charge is 0.262 e. The van der Waals surface area contributed by atoms with Gasteiger partial charge in [-0.15, -0.1) is 0 Å². The van der Waals surface area contributed by atoms with E-state index >= 15 is 0 Å². The molecule has 15 heteroatoms. The van der Waals surface area contributed by atoms with E-state index in [-0.39, 0.29) is 24.8 Å². The number of para-hydroxylation sites is 1. The highest BCUT2D eigenvalue weighted by molar-refractivity contribution is 6.33. The molecule has 3 aliphatic heterocycles. The van der Waals surface area contributed by atoms with Gasteiger partial charge in [0, 0.05) is 73.4 Å². The molecular weight excluding hydrogens is 796 g/mol. The summed E-state index contributed by atoms with van der Waals surface area (Å²) in [5.41, 5.74) is 5.76. The third kappa shape index (κ3) is 8.67. The van der Waals surface area contributed by atoms with E-state index in [0.29, 0.717) is 46.4 Å². The van der Waals surface area contributed by atoms with Gasteiger partial charge in [-0.2, -0.15) is 0 Å². The molecule has 0 aliphatic carbocycles. The number of rotatable bonds is 15. The van der Waals surface area contributed by atoms with Crippen LogP contribution in [0.1, 0.15) is 90.5 Å². The monoisotopic (exact) mass is 844 g/mol. The molecule has 5 heterocycles. The van der Waals surface area contributed by atoms with Gasteiger partial charge in [0.15, 0.2) is 0 Å². The molecule has 3 aliphatic rings. The zero-order valence-electron chi connectivity index (χ0n) is 34.3. The number of aromatic nitrogens is 3. The van der Waals surface area contributed by atoms with Gasteiger partial charge in [-0.3, -0.25) is 34.2 Å². The summed E-state index contributed by atoms with van der Waals surface area (Å²) < 4.78 is 5.79. The highest BCUT2D eigenvalue weighted by Crippen LogP contribution is 2.36. The molecule has 0 radical (unpaired) electrons. The Kier molecular flexibility index (Phi) is 12.3. The van der Waals surface area contributed by atoms with Crippen molar-refractivity contribution in [1.29, 1.82) is 0 Å². The SMILES string of the molecule is COc1cc(N2CCC(N(C)C(=O)CCCCCCCc3cccc4c3C(=O)N(C3CCC(=O)NC3=O)C4=O)CC2)ccc1Nc1ncc(Cl)c(-c2c[nH]c3ccccc23)n1. The molecule has 1 atom stereocenters. The summed E-state index contributed by atoms with van der Waals surface area (Å²) in [5.74, 6) is -0.740. The van der Waals surface area contributed by atoms with Crippen LogP contribution in [0.4, 0.5) is 17.3 Å². The number of unbranched alkanes of at least 4 members (excludes halogenated alkanes) is 4. The van der Waals surface area contributed by atoms with Crippen LogP contribution in [-0.2, 0) is 20.8 Å². The van der Waals surface area contributed by atoms with Crippen LogP contribution in [-0.4, -0.2) is 93.6 Å². The third-order valence-corrected chi connectivity index (χ3v) is 12.5. The summed E-state index contributed by atoms with van der Waals surface area (Å²) in [5, 5.41) is 7.02. The number of nitrogens with zero attached hydrogens (tertiary/aromatic N) is 5. The maximum absolute atomic E-state index is 13.4. The van der Waals surface area contributed by atoms with E-state index < -0.39 is 29.7 Å². The summed E-state index contributed by atoms with van der Waals surface area (Å²) in [6.07, 6.45) is 11.0. The van der Waals surface area contributed by atoms with Crippen molar-refractivity contribution in [2.24, 2.45) is 0 Å². The number of anilines is 3. The van der Waals surface area contributed by atoms with Crippen LogP contribution in [0.15, 0.2) is 73.1 Å². The lowest BCUT2D eigenvalue weighted by Gasteiger charge is -2.38. The number of nitrogens with one attached hydrogen (secondary N) is 3. The number of fused-ring (bicyclic) bond motifs is 2. The van der Waals surface area contributed by atoms with E-state index in [9.17, 15) is 24.0 Å². The Labute approximate surface area is 359 Å². The molecular formula is C46H49ClN8O6. The Bertz CT molecular complexity index is 2500. The van der Waals surface area contributed by atoms with Crippen molar-refractivity contribution in [2.45, 2.75) is 82.7 Å². The molecule has 0 bridgehead atoms. The second kappa shape index (κ2) is 18.1. The number of carbonyl (C=O) groups is 5. The van der Waals surface area contributed by atoms with Gasteiger partial charge >= 0.3 is 0 Å².